The number of fused-ring (bicyclic) bond motifs is 1. The molecule has 1 aromatic carbocycles. The minimum atomic E-state index is 0.765. The maximum atomic E-state index is 5.97. The van der Waals surface area contributed by atoms with E-state index in [1.165, 1.54) is 16.8 Å². The van der Waals surface area contributed by atoms with Crippen LogP contribution in [0.2, 0.25) is 5.02 Å². The topological polar surface area (TPSA) is 42.7 Å². The SMILES string of the molecule is Clc1ccc(Cc2nn(-c3nccs3)c3c2CNCC3)cc1. The lowest BCUT2D eigenvalue weighted by molar-refractivity contribution is 0.621. The summed E-state index contributed by atoms with van der Waals surface area (Å²) in [5.41, 5.74) is 4.95. The maximum Gasteiger partial charge on any atom is 0.210 e. The quantitative estimate of drug-likeness (QED) is 0.802. The number of halogens is 1. The van der Waals surface area contributed by atoms with Gasteiger partial charge in [-0.05, 0) is 17.7 Å². The minimum absolute atomic E-state index is 0.765. The number of nitrogens with zero attached hydrogens (tertiary/aromatic N) is 3. The van der Waals surface area contributed by atoms with Gasteiger partial charge in [0.2, 0.25) is 5.13 Å². The molecule has 4 rings (SSSR count). The first-order valence-electron chi connectivity index (χ1n) is 7.26. The van der Waals surface area contributed by atoms with Crippen molar-refractivity contribution in [3.63, 3.8) is 0 Å². The van der Waals surface area contributed by atoms with E-state index in [0.29, 0.717) is 0 Å². The summed E-state index contributed by atoms with van der Waals surface area (Å²) >= 11 is 7.59. The summed E-state index contributed by atoms with van der Waals surface area (Å²) in [6.45, 7) is 1.87. The summed E-state index contributed by atoms with van der Waals surface area (Å²) in [6.07, 6.45) is 3.64. The van der Waals surface area contributed by atoms with Gasteiger partial charge in [0.1, 0.15) is 0 Å². The van der Waals surface area contributed by atoms with Crippen LogP contribution in [0.5, 0.6) is 0 Å². The van der Waals surface area contributed by atoms with Gasteiger partial charge in [-0.1, -0.05) is 23.7 Å². The lowest BCUT2D eigenvalue weighted by Gasteiger charge is -2.14. The lowest BCUT2D eigenvalue weighted by Crippen LogP contribution is -2.25. The molecule has 4 nitrogen and oxygen atoms in total. The zero-order chi connectivity index (χ0) is 14.9. The van der Waals surface area contributed by atoms with Crippen molar-refractivity contribution in [1.82, 2.24) is 20.1 Å². The Morgan fingerprint density at radius 1 is 1.27 bits per heavy atom. The van der Waals surface area contributed by atoms with Gasteiger partial charge in [-0.15, -0.1) is 11.3 Å². The molecule has 0 radical (unpaired) electrons. The van der Waals surface area contributed by atoms with Gasteiger partial charge in [0.05, 0.1) is 11.4 Å². The number of rotatable bonds is 3. The fraction of sp³-hybridized carbons (Fsp3) is 0.250. The van der Waals surface area contributed by atoms with Crippen molar-refractivity contribution in [2.45, 2.75) is 19.4 Å². The second-order valence-electron chi connectivity index (χ2n) is 5.33. The average molecular weight is 331 g/mol. The van der Waals surface area contributed by atoms with Crippen LogP contribution in [0.3, 0.4) is 0 Å². The molecule has 1 aliphatic heterocycles. The van der Waals surface area contributed by atoms with E-state index in [4.69, 9.17) is 16.7 Å². The summed E-state index contributed by atoms with van der Waals surface area (Å²) in [4.78, 5) is 4.41. The maximum absolute atomic E-state index is 5.97. The second-order valence-corrected chi connectivity index (χ2v) is 6.64. The van der Waals surface area contributed by atoms with Crippen molar-refractivity contribution in [3.8, 4) is 5.13 Å². The number of hydrogen-bond donors (Lipinski definition) is 1. The predicted molar refractivity (Wildman–Crippen MR) is 88.9 cm³/mol. The summed E-state index contributed by atoms with van der Waals surface area (Å²) < 4.78 is 2.02. The molecule has 3 heterocycles. The van der Waals surface area contributed by atoms with Crippen LogP contribution >= 0.6 is 22.9 Å². The van der Waals surface area contributed by atoms with Gasteiger partial charge >= 0.3 is 0 Å². The molecular weight excluding hydrogens is 316 g/mol. The van der Waals surface area contributed by atoms with Gasteiger partial charge in [-0.2, -0.15) is 5.10 Å². The van der Waals surface area contributed by atoms with E-state index in [1.807, 2.05) is 28.4 Å². The Hall–Kier alpha value is -1.69. The Morgan fingerprint density at radius 3 is 2.91 bits per heavy atom. The van der Waals surface area contributed by atoms with Gasteiger partial charge in [0.15, 0.2) is 0 Å². The van der Waals surface area contributed by atoms with Crippen LogP contribution in [0.25, 0.3) is 5.13 Å². The van der Waals surface area contributed by atoms with E-state index in [2.05, 4.69) is 22.4 Å². The van der Waals surface area contributed by atoms with E-state index in [9.17, 15) is 0 Å². The van der Waals surface area contributed by atoms with Crippen molar-refractivity contribution in [3.05, 3.63) is 63.4 Å². The Bertz CT molecular complexity index is 777. The summed E-state index contributed by atoms with van der Waals surface area (Å²) in [5.74, 6) is 0. The van der Waals surface area contributed by atoms with Gasteiger partial charge in [-0.25, -0.2) is 9.67 Å². The third kappa shape index (κ3) is 2.56. The van der Waals surface area contributed by atoms with Crippen LogP contribution in [-0.2, 0) is 19.4 Å². The minimum Gasteiger partial charge on any atom is -0.312 e. The molecule has 1 aliphatic rings. The smallest absolute Gasteiger partial charge is 0.210 e. The van der Waals surface area contributed by atoms with Crippen molar-refractivity contribution in [2.75, 3.05) is 6.54 Å². The fourth-order valence-electron chi connectivity index (χ4n) is 2.83. The summed E-state index contributed by atoms with van der Waals surface area (Å²) in [5, 5.41) is 12.0. The molecule has 0 fully saturated rings. The molecule has 0 aliphatic carbocycles. The largest absolute Gasteiger partial charge is 0.312 e. The molecule has 0 bridgehead atoms. The van der Waals surface area contributed by atoms with Crippen LogP contribution in [-0.4, -0.2) is 21.3 Å². The van der Waals surface area contributed by atoms with Gasteiger partial charge in [-0.3, -0.25) is 0 Å². The van der Waals surface area contributed by atoms with E-state index in [0.717, 1.165) is 41.8 Å². The van der Waals surface area contributed by atoms with Gasteiger partial charge in [0, 0.05) is 48.1 Å². The van der Waals surface area contributed by atoms with Crippen molar-refractivity contribution >= 4 is 22.9 Å². The molecule has 1 N–H and O–H groups in total. The number of aromatic nitrogens is 3. The second kappa shape index (κ2) is 5.83. The molecule has 112 valence electrons. The zero-order valence-corrected chi connectivity index (χ0v) is 13.5. The molecule has 22 heavy (non-hydrogen) atoms. The normalized spacial score (nSPS) is 14.0. The molecule has 0 spiro atoms. The molecule has 2 aromatic heterocycles. The third-order valence-corrected chi connectivity index (χ3v) is 4.90. The van der Waals surface area contributed by atoms with Crippen LogP contribution in [0.15, 0.2) is 35.8 Å². The highest BCUT2D eigenvalue weighted by Gasteiger charge is 2.22. The molecule has 0 amide bonds. The first kappa shape index (κ1) is 13.9. The lowest BCUT2D eigenvalue weighted by atomic mass is 10.0. The molecule has 6 heteroatoms. The van der Waals surface area contributed by atoms with E-state index < -0.39 is 0 Å². The Morgan fingerprint density at radius 2 is 2.14 bits per heavy atom. The first-order chi connectivity index (χ1) is 10.8. The highest BCUT2D eigenvalue weighted by atomic mass is 35.5. The van der Waals surface area contributed by atoms with Crippen molar-refractivity contribution in [1.29, 1.82) is 0 Å². The zero-order valence-electron chi connectivity index (χ0n) is 11.9. The van der Waals surface area contributed by atoms with Crippen molar-refractivity contribution < 1.29 is 0 Å². The van der Waals surface area contributed by atoms with Gasteiger partial charge < -0.3 is 5.32 Å². The van der Waals surface area contributed by atoms with Crippen molar-refractivity contribution in [2.24, 2.45) is 0 Å². The van der Waals surface area contributed by atoms with Gasteiger partial charge in [0.25, 0.3) is 0 Å². The van der Waals surface area contributed by atoms with Crippen LogP contribution in [0, 0.1) is 0 Å². The van der Waals surface area contributed by atoms with E-state index in [-0.39, 0.29) is 0 Å². The Balaban J connectivity index is 1.74. The molecule has 0 saturated carbocycles. The van der Waals surface area contributed by atoms with Crippen LogP contribution in [0.1, 0.15) is 22.5 Å². The summed E-state index contributed by atoms with van der Waals surface area (Å²) in [6, 6.07) is 7.99. The molecule has 0 unspecified atom stereocenters. The average Bonchev–Trinajstić information content (AvgIpc) is 3.18. The highest BCUT2D eigenvalue weighted by molar-refractivity contribution is 7.12. The fourth-order valence-corrected chi connectivity index (χ4v) is 3.58. The Kier molecular flexibility index (Phi) is 3.70. The summed E-state index contributed by atoms with van der Waals surface area (Å²) in [7, 11) is 0. The Labute approximate surface area is 137 Å². The molecule has 0 saturated heterocycles. The van der Waals surface area contributed by atoms with E-state index >= 15 is 0 Å². The number of benzene rings is 1. The number of nitrogens with one attached hydrogen (secondary N) is 1. The predicted octanol–water partition coefficient (Wildman–Crippen LogP) is 3.22. The molecule has 0 atom stereocenters. The monoisotopic (exact) mass is 330 g/mol. The third-order valence-electron chi connectivity index (χ3n) is 3.90. The first-order valence-corrected chi connectivity index (χ1v) is 8.52. The standard InChI is InChI=1S/C16H15ClN4S/c17-12-3-1-11(2-4-12)9-14-13-10-18-6-5-15(13)21(20-14)16-19-7-8-22-16/h1-4,7-8,18H,5-6,9-10H2. The highest BCUT2D eigenvalue weighted by Crippen LogP contribution is 2.25. The van der Waals surface area contributed by atoms with Crippen LogP contribution < -0.4 is 5.32 Å². The van der Waals surface area contributed by atoms with E-state index in [1.54, 1.807) is 11.3 Å². The number of thiazole rings is 1. The van der Waals surface area contributed by atoms with Crippen LogP contribution in [0.4, 0.5) is 0 Å². The molecule has 3 aromatic rings. The molecular formula is C16H15ClN4S. The number of hydrogen-bond acceptors (Lipinski definition) is 4.